The Bertz CT molecular complexity index is 740. The molecule has 1 saturated heterocycles. The number of rotatable bonds is 3. The van der Waals surface area contributed by atoms with E-state index in [0.29, 0.717) is 23.6 Å². The van der Waals surface area contributed by atoms with Gasteiger partial charge in [0.1, 0.15) is 6.04 Å². The topological polar surface area (TPSA) is 81.2 Å². The van der Waals surface area contributed by atoms with Gasteiger partial charge in [-0.25, -0.2) is 4.68 Å². The van der Waals surface area contributed by atoms with Gasteiger partial charge in [0.25, 0.3) is 5.91 Å². The highest BCUT2D eigenvalue weighted by molar-refractivity contribution is 6.01. The molecule has 22 heavy (non-hydrogen) atoms. The number of hydrogen-bond donors (Lipinski definition) is 1. The molecule has 6 heteroatoms. The SMILES string of the molecule is NC(=O)[C@@H]1C[C@H]2C[C@@H]2N1C(=O)c1ccccc1-n1cccn1. The van der Waals surface area contributed by atoms with Crippen LogP contribution in [0.3, 0.4) is 0 Å². The zero-order valence-corrected chi connectivity index (χ0v) is 11.9. The molecule has 0 unspecified atom stereocenters. The Labute approximate surface area is 127 Å². The first kappa shape index (κ1) is 13.1. The fourth-order valence-electron chi connectivity index (χ4n) is 3.41. The quantitative estimate of drug-likeness (QED) is 0.916. The van der Waals surface area contributed by atoms with Crippen LogP contribution in [-0.4, -0.2) is 38.6 Å². The second-order valence-electron chi connectivity index (χ2n) is 5.90. The summed E-state index contributed by atoms with van der Waals surface area (Å²) in [4.78, 5) is 26.3. The van der Waals surface area contributed by atoms with Gasteiger partial charge in [0.2, 0.25) is 5.91 Å². The predicted molar refractivity (Wildman–Crippen MR) is 79.2 cm³/mol. The Morgan fingerprint density at radius 1 is 1.18 bits per heavy atom. The minimum absolute atomic E-state index is 0.139. The molecule has 1 aliphatic heterocycles. The molecular formula is C16H16N4O2. The number of hydrogen-bond acceptors (Lipinski definition) is 3. The van der Waals surface area contributed by atoms with Crippen LogP contribution in [0, 0.1) is 5.92 Å². The third-order valence-electron chi connectivity index (χ3n) is 4.55. The average Bonchev–Trinajstić information content (AvgIpc) is 2.96. The van der Waals surface area contributed by atoms with Crippen molar-refractivity contribution < 1.29 is 9.59 Å². The lowest BCUT2D eigenvalue weighted by Crippen LogP contribution is -2.46. The van der Waals surface area contributed by atoms with Crippen LogP contribution in [0.25, 0.3) is 5.69 Å². The molecule has 4 rings (SSSR count). The van der Waals surface area contributed by atoms with Crippen molar-refractivity contribution in [2.24, 2.45) is 11.7 Å². The van der Waals surface area contributed by atoms with Gasteiger partial charge in [-0.15, -0.1) is 0 Å². The number of likely N-dealkylation sites (tertiary alicyclic amines) is 1. The first-order valence-electron chi connectivity index (χ1n) is 7.38. The van der Waals surface area contributed by atoms with Crippen molar-refractivity contribution in [1.82, 2.24) is 14.7 Å². The average molecular weight is 296 g/mol. The number of nitrogens with zero attached hydrogens (tertiary/aromatic N) is 3. The molecule has 3 atom stereocenters. The van der Waals surface area contributed by atoms with Crippen LogP contribution in [0.4, 0.5) is 0 Å². The second kappa shape index (κ2) is 4.69. The molecule has 6 nitrogen and oxygen atoms in total. The molecule has 2 amide bonds. The highest BCUT2D eigenvalue weighted by Crippen LogP contribution is 2.48. The van der Waals surface area contributed by atoms with Gasteiger partial charge in [0, 0.05) is 18.4 Å². The Balaban J connectivity index is 1.73. The minimum Gasteiger partial charge on any atom is -0.368 e. The maximum absolute atomic E-state index is 13.0. The van der Waals surface area contributed by atoms with E-state index in [-0.39, 0.29) is 11.9 Å². The summed E-state index contributed by atoms with van der Waals surface area (Å²) in [5, 5.41) is 4.19. The van der Waals surface area contributed by atoms with Gasteiger partial charge < -0.3 is 10.6 Å². The number of aromatic nitrogens is 2. The standard InChI is InChI=1S/C16H16N4O2/c17-15(21)14-9-10-8-13(10)20(14)16(22)11-4-1-2-5-12(11)19-7-3-6-18-19/h1-7,10,13-14H,8-9H2,(H2,17,21)/t10-,13+,14+/m1/s1. The number of benzene rings is 1. The van der Waals surface area contributed by atoms with Gasteiger partial charge in [-0.2, -0.15) is 5.10 Å². The number of primary amides is 1. The minimum atomic E-state index is -0.484. The van der Waals surface area contributed by atoms with Crippen LogP contribution in [0.5, 0.6) is 0 Å². The van der Waals surface area contributed by atoms with E-state index in [9.17, 15) is 9.59 Å². The zero-order chi connectivity index (χ0) is 15.3. The Morgan fingerprint density at radius 2 is 2.00 bits per heavy atom. The number of piperidine rings is 1. The predicted octanol–water partition coefficient (Wildman–Crippen LogP) is 0.961. The van der Waals surface area contributed by atoms with Crippen LogP contribution in [0.15, 0.2) is 42.7 Å². The number of fused-ring (bicyclic) bond motifs is 1. The van der Waals surface area contributed by atoms with Crippen LogP contribution < -0.4 is 5.73 Å². The maximum Gasteiger partial charge on any atom is 0.256 e. The summed E-state index contributed by atoms with van der Waals surface area (Å²) in [7, 11) is 0. The van der Waals surface area contributed by atoms with Crippen molar-refractivity contribution in [3.63, 3.8) is 0 Å². The Kier molecular flexibility index (Phi) is 2.79. The van der Waals surface area contributed by atoms with E-state index in [4.69, 9.17) is 5.73 Å². The van der Waals surface area contributed by atoms with Gasteiger partial charge in [0.15, 0.2) is 0 Å². The normalized spacial score (nSPS) is 25.8. The van der Waals surface area contributed by atoms with Crippen molar-refractivity contribution >= 4 is 11.8 Å². The fraction of sp³-hybridized carbons (Fsp3) is 0.312. The molecule has 2 N–H and O–H groups in total. The lowest BCUT2D eigenvalue weighted by Gasteiger charge is -2.26. The highest BCUT2D eigenvalue weighted by atomic mass is 16.2. The van der Waals surface area contributed by atoms with Crippen LogP contribution in [0.1, 0.15) is 23.2 Å². The van der Waals surface area contributed by atoms with Crippen LogP contribution in [-0.2, 0) is 4.79 Å². The summed E-state index contributed by atoms with van der Waals surface area (Å²) >= 11 is 0. The molecule has 112 valence electrons. The first-order valence-corrected chi connectivity index (χ1v) is 7.38. The van der Waals surface area contributed by atoms with E-state index >= 15 is 0 Å². The monoisotopic (exact) mass is 296 g/mol. The summed E-state index contributed by atoms with van der Waals surface area (Å²) in [5.74, 6) is -0.129. The molecule has 0 radical (unpaired) electrons. The lowest BCUT2D eigenvalue weighted by molar-refractivity contribution is -0.122. The lowest BCUT2D eigenvalue weighted by atomic mass is 10.1. The molecule has 0 bridgehead atoms. The summed E-state index contributed by atoms with van der Waals surface area (Å²) in [6.45, 7) is 0. The van der Waals surface area contributed by atoms with Crippen molar-refractivity contribution in [1.29, 1.82) is 0 Å². The highest BCUT2D eigenvalue weighted by Gasteiger charge is 2.55. The Morgan fingerprint density at radius 3 is 2.73 bits per heavy atom. The molecule has 1 saturated carbocycles. The summed E-state index contributed by atoms with van der Waals surface area (Å²) < 4.78 is 1.66. The van der Waals surface area contributed by atoms with E-state index in [1.165, 1.54) is 0 Å². The van der Waals surface area contributed by atoms with Crippen molar-refractivity contribution in [3.8, 4) is 5.69 Å². The van der Waals surface area contributed by atoms with E-state index in [1.54, 1.807) is 34.1 Å². The third kappa shape index (κ3) is 1.91. The van der Waals surface area contributed by atoms with Crippen molar-refractivity contribution in [2.45, 2.75) is 24.9 Å². The Hall–Kier alpha value is -2.63. The maximum atomic E-state index is 13.0. The molecule has 2 heterocycles. The second-order valence-corrected chi connectivity index (χ2v) is 5.90. The molecule has 2 fully saturated rings. The van der Waals surface area contributed by atoms with Gasteiger partial charge in [0.05, 0.1) is 11.3 Å². The number of carbonyl (C=O) groups is 2. The number of amides is 2. The molecule has 0 spiro atoms. The van der Waals surface area contributed by atoms with Crippen LogP contribution >= 0.6 is 0 Å². The van der Waals surface area contributed by atoms with Crippen molar-refractivity contribution in [2.75, 3.05) is 0 Å². The molecular weight excluding hydrogens is 280 g/mol. The van der Waals surface area contributed by atoms with Crippen molar-refractivity contribution in [3.05, 3.63) is 48.3 Å². The molecule has 1 aromatic heterocycles. The fourth-order valence-corrected chi connectivity index (χ4v) is 3.41. The summed E-state index contributed by atoms with van der Waals surface area (Å²) in [6.07, 6.45) is 5.12. The van der Waals surface area contributed by atoms with E-state index < -0.39 is 11.9 Å². The number of carbonyl (C=O) groups excluding carboxylic acids is 2. The smallest absolute Gasteiger partial charge is 0.256 e. The van der Waals surface area contributed by atoms with Gasteiger partial charge >= 0.3 is 0 Å². The van der Waals surface area contributed by atoms with Gasteiger partial charge in [-0.3, -0.25) is 9.59 Å². The third-order valence-corrected chi connectivity index (χ3v) is 4.55. The summed E-state index contributed by atoms with van der Waals surface area (Å²) in [6, 6.07) is 8.79. The molecule has 2 aliphatic rings. The van der Waals surface area contributed by atoms with Gasteiger partial charge in [-0.1, -0.05) is 12.1 Å². The van der Waals surface area contributed by atoms with E-state index in [2.05, 4.69) is 5.10 Å². The number of nitrogens with two attached hydrogens (primary N) is 1. The van der Waals surface area contributed by atoms with Gasteiger partial charge in [-0.05, 0) is 37.0 Å². The number of para-hydroxylation sites is 1. The molecule has 1 aromatic carbocycles. The van der Waals surface area contributed by atoms with Crippen LogP contribution in [0.2, 0.25) is 0 Å². The zero-order valence-electron chi connectivity index (χ0n) is 11.9. The molecule has 1 aliphatic carbocycles. The van der Waals surface area contributed by atoms with E-state index in [1.807, 2.05) is 18.2 Å². The largest absolute Gasteiger partial charge is 0.368 e. The first-order chi connectivity index (χ1) is 10.7. The van der Waals surface area contributed by atoms with E-state index in [0.717, 1.165) is 6.42 Å². The summed E-state index contributed by atoms with van der Waals surface area (Å²) in [5.41, 5.74) is 6.73. The molecule has 2 aromatic rings.